The van der Waals surface area contributed by atoms with Crippen LogP contribution in [0.2, 0.25) is 0 Å². The van der Waals surface area contributed by atoms with Crippen LogP contribution in [-0.2, 0) is 4.57 Å². The Morgan fingerprint density at radius 1 is 1.00 bits per heavy atom. The van der Waals surface area contributed by atoms with Crippen LogP contribution >= 0.6 is 7.60 Å². The first kappa shape index (κ1) is 17.1. The second kappa shape index (κ2) is 7.04. The van der Waals surface area contributed by atoms with Crippen molar-refractivity contribution in [2.75, 3.05) is 0 Å². The van der Waals surface area contributed by atoms with Crippen LogP contribution in [0.3, 0.4) is 0 Å². The first-order chi connectivity index (χ1) is 11.5. The Bertz CT molecular complexity index is 773. The van der Waals surface area contributed by atoms with Gasteiger partial charge in [-0.2, -0.15) is 0 Å². The predicted molar refractivity (Wildman–Crippen MR) is 89.1 cm³/mol. The van der Waals surface area contributed by atoms with Gasteiger partial charge in [-0.25, -0.2) is 13.3 Å². The summed E-state index contributed by atoms with van der Waals surface area (Å²) in [5.74, 6) is -1.08. The average Bonchev–Trinajstić information content (AvgIpc) is 2.58. The molecule has 1 aliphatic carbocycles. The maximum absolute atomic E-state index is 14.1. The predicted octanol–water partition coefficient (Wildman–Crippen LogP) is 5.53. The molecule has 3 nitrogen and oxygen atoms in total. The lowest BCUT2D eigenvalue weighted by Gasteiger charge is -2.26. The normalized spacial score (nSPS) is 18.1. The van der Waals surface area contributed by atoms with E-state index in [2.05, 4.69) is 0 Å². The highest BCUT2D eigenvalue weighted by atomic mass is 31.2. The van der Waals surface area contributed by atoms with Crippen molar-refractivity contribution in [2.45, 2.75) is 37.8 Å². The standard InChI is InChI=1S/C18H19F2O3P/c19-13-10-11-18(16(12-13)15-8-4-5-9-17(15)20)23-24(21,22)14-6-2-1-3-7-14/h4-5,8-12,14H,1-3,6-7H2,(H,21,22). The molecule has 0 heterocycles. The van der Waals surface area contributed by atoms with E-state index in [0.29, 0.717) is 12.8 Å². The maximum Gasteiger partial charge on any atom is 0.379 e. The summed E-state index contributed by atoms with van der Waals surface area (Å²) in [6, 6.07) is 9.42. The molecule has 1 unspecified atom stereocenters. The van der Waals surface area contributed by atoms with Crippen LogP contribution in [0.4, 0.5) is 8.78 Å². The van der Waals surface area contributed by atoms with E-state index in [0.717, 1.165) is 31.4 Å². The van der Waals surface area contributed by atoms with Gasteiger partial charge in [0.2, 0.25) is 0 Å². The van der Waals surface area contributed by atoms with Gasteiger partial charge < -0.3 is 9.42 Å². The summed E-state index contributed by atoms with van der Waals surface area (Å²) in [5.41, 5.74) is -0.154. The summed E-state index contributed by atoms with van der Waals surface area (Å²) in [5, 5.41) is 0. The van der Waals surface area contributed by atoms with Gasteiger partial charge >= 0.3 is 7.60 Å². The zero-order valence-electron chi connectivity index (χ0n) is 13.1. The minimum absolute atomic E-state index is 0.0258. The van der Waals surface area contributed by atoms with Crippen molar-refractivity contribution in [1.29, 1.82) is 0 Å². The largest absolute Gasteiger partial charge is 0.424 e. The van der Waals surface area contributed by atoms with Crippen molar-refractivity contribution in [3.8, 4) is 16.9 Å². The molecule has 0 bridgehead atoms. The molecular formula is C18H19F2O3P. The SMILES string of the molecule is O=P(O)(Oc1ccc(F)cc1-c1ccccc1F)C1CCCCC1. The molecule has 2 aromatic carbocycles. The van der Waals surface area contributed by atoms with Crippen LogP contribution in [-0.4, -0.2) is 10.6 Å². The highest BCUT2D eigenvalue weighted by molar-refractivity contribution is 7.54. The van der Waals surface area contributed by atoms with Gasteiger partial charge in [-0.3, -0.25) is 0 Å². The highest BCUT2D eigenvalue weighted by Gasteiger charge is 2.35. The molecule has 1 aliphatic rings. The van der Waals surface area contributed by atoms with Gasteiger partial charge in [-0.1, -0.05) is 37.5 Å². The van der Waals surface area contributed by atoms with Crippen LogP contribution in [0.5, 0.6) is 5.75 Å². The summed E-state index contributed by atoms with van der Waals surface area (Å²) >= 11 is 0. The number of rotatable bonds is 4. The van der Waals surface area contributed by atoms with E-state index < -0.39 is 24.9 Å². The molecule has 0 spiro atoms. The third-order valence-electron chi connectivity index (χ3n) is 4.37. The molecule has 3 rings (SSSR count). The second-order valence-corrected chi connectivity index (χ2v) is 8.11. The molecule has 1 atom stereocenters. The van der Waals surface area contributed by atoms with Crippen molar-refractivity contribution < 1.29 is 22.8 Å². The van der Waals surface area contributed by atoms with Gasteiger partial charge in [0.05, 0.1) is 5.66 Å². The summed E-state index contributed by atoms with van der Waals surface area (Å²) in [6.45, 7) is 0. The van der Waals surface area contributed by atoms with Crippen molar-refractivity contribution in [1.82, 2.24) is 0 Å². The Morgan fingerprint density at radius 2 is 1.71 bits per heavy atom. The molecule has 1 fully saturated rings. The smallest absolute Gasteiger partial charge is 0.379 e. The Morgan fingerprint density at radius 3 is 2.42 bits per heavy atom. The van der Waals surface area contributed by atoms with Crippen molar-refractivity contribution >= 4 is 7.60 Å². The highest BCUT2D eigenvalue weighted by Crippen LogP contribution is 2.54. The summed E-state index contributed by atoms with van der Waals surface area (Å²) < 4.78 is 45.8. The monoisotopic (exact) mass is 352 g/mol. The Hall–Kier alpha value is -1.71. The van der Waals surface area contributed by atoms with Crippen LogP contribution in [0.15, 0.2) is 42.5 Å². The molecule has 1 N–H and O–H groups in total. The van der Waals surface area contributed by atoms with E-state index in [1.807, 2.05) is 0 Å². The van der Waals surface area contributed by atoms with Crippen LogP contribution in [0, 0.1) is 11.6 Å². The number of benzene rings is 2. The van der Waals surface area contributed by atoms with E-state index in [1.54, 1.807) is 6.07 Å². The van der Waals surface area contributed by atoms with E-state index in [1.165, 1.54) is 24.3 Å². The molecule has 0 radical (unpaired) electrons. The van der Waals surface area contributed by atoms with Gasteiger partial charge in [-0.05, 0) is 37.1 Å². The molecule has 0 aliphatic heterocycles. The molecule has 0 amide bonds. The van der Waals surface area contributed by atoms with Gasteiger partial charge in [0, 0.05) is 11.1 Å². The minimum atomic E-state index is -3.91. The number of hydrogen-bond donors (Lipinski definition) is 1. The quantitative estimate of drug-likeness (QED) is 0.736. The lowest BCUT2D eigenvalue weighted by Crippen LogP contribution is -2.16. The average molecular weight is 352 g/mol. The third-order valence-corrected chi connectivity index (χ3v) is 6.27. The lowest BCUT2D eigenvalue weighted by atomic mass is 10.0. The van der Waals surface area contributed by atoms with Gasteiger partial charge in [-0.15, -0.1) is 0 Å². The minimum Gasteiger partial charge on any atom is -0.424 e. The molecule has 2 aromatic rings. The zero-order valence-corrected chi connectivity index (χ0v) is 14.0. The fraction of sp³-hybridized carbons (Fsp3) is 0.333. The number of hydrogen-bond acceptors (Lipinski definition) is 2. The Balaban J connectivity index is 1.96. The van der Waals surface area contributed by atoms with Gasteiger partial charge in [0.1, 0.15) is 17.4 Å². The molecule has 0 saturated heterocycles. The number of halogens is 2. The molecule has 128 valence electrons. The van der Waals surface area contributed by atoms with Crippen LogP contribution in [0.1, 0.15) is 32.1 Å². The molecular weight excluding hydrogens is 333 g/mol. The molecule has 1 saturated carbocycles. The first-order valence-electron chi connectivity index (χ1n) is 8.04. The van der Waals surface area contributed by atoms with Crippen LogP contribution in [0.25, 0.3) is 11.1 Å². The van der Waals surface area contributed by atoms with Gasteiger partial charge in [0.25, 0.3) is 0 Å². The summed E-state index contributed by atoms with van der Waals surface area (Å²) in [7, 11) is -3.91. The fourth-order valence-corrected chi connectivity index (χ4v) is 4.70. The Labute approximate surface area is 139 Å². The molecule has 0 aromatic heterocycles. The fourth-order valence-electron chi connectivity index (χ4n) is 3.09. The van der Waals surface area contributed by atoms with E-state index >= 15 is 0 Å². The van der Waals surface area contributed by atoms with Crippen LogP contribution < -0.4 is 4.52 Å². The van der Waals surface area contributed by atoms with Crippen molar-refractivity contribution in [2.24, 2.45) is 0 Å². The summed E-state index contributed by atoms with van der Waals surface area (Å²) in [4.78, 5) is 10.3. The van der Waals surface area contributed by atoms with Crippen molar-refractivity contribution in [3.05, 3.63) is 54.1 Å². The first-order valence-corrected chi connectivity index (χ1v) is 9.68. The third kappa shape index (κ3) is 3.68. The summed E-state index contributed by atoms with van der Waals surface area (Å²) in [6.07, 6.45) is 4.09. The van der Waals surface area contributed by atoms with Crippen molar-refractivity contribution in [3.63, 3.8) is 0 Å². The lowest BCUT2D eigenvalue weighted by molar-refractivity contribution is 0.343. The van der Waals surface area contributed by atoms with Gasteiger partial charge in [0.15, 0.2) is 0 Å². The van der Waals surface area contributed by atoms with E-state index in [4.69, 9.17) is 4.52 Å². The maximum atomic E-state index is 14.1. The molecule has 6 heteroatoms. The van der Waals surface area contributed by atoms with E-state index in [-0.39, 0.29) is 16.9 Å². The Kier molecular flexibility index (Phi) is 5.02. The molecule has 24 heavy (non-hydrogen) atoms. The topological polar surface area (TPSA) is 46.5 Å². The zero-order chi connectivity index (χ0) is 17.2. The second-order valence-electron chi connectivity index (χ2n) is 6.07. The van der Waals surface area contributed by atoms with E-state index in [9.17, 15) is 18.2 Å².